The van der Waals surface area contributed by atoms with Crippen LogP contribution >= 0.6 is 0 Å². The van der Waals surface area contributed by atoms with Gasteiger partial charge < -0.3 is 14.4 Å². The molecule has 0 fully saturated rings. The minimum absolute atomic E-state index is 0. The number of furan rings is 1. The van der Waals surface area contributed by atoms with E-state index in [4.69, 9.17) is 8.53 Å². The van der Waals surface area contributed by atoms with E-state index in [-0.39, 0.29) is 20.1 Å². The van der Waals surface area contributed by atoms with E-state index in [1.54, 1.807) is 6.07 Å². The molecule has 0 aliphatic heterocycles. The zero-order valence-electron chi connectivity index (χ0n) is 33.7. The monoisotopic (exact) mass is 888 g/mol. The summed E-state index contributed by atoms with van der Waals surface area (Å²) in [7, 11) is -1.40. The third kappa shape index (κ3) is 8.66. The van der Waals surface area contributed by atoms with Gasteiger partial charge in [0.05, 0.1) is 13.7 Å². The van der Waals surface area contributed by atoms with Crippen LogP contribution in [0.2, 0.25) is 19.6 Å². The number of hydrogen-bond acceptors (Lipinski definition) is 3. The summed E-state index contributed by atoms with van der Waals surface area (Å²) in [6.07, 6.45) is 4.86. The molecule has 0 aliphatic rings. The SMILES string of the molecule is CC(C)Cc1ccnc(-c2[c-]ccc3c2oc2cc(-c4ccccc4)ccc23)c1.[2H]C([2H])([2H])c1c[c-]c(-c2ccc([Si](C)(C)C)cn2)cc1-c1ccccc1.[Ir]. The first kappa shape index (κ1) is 33.9. The topological polar surface area (TPSA) is 38.9 Å². The van der Waals surface area contributed by atoms with Crippen molar-refractivity contribution in [2.75, 3.05) is 0 Å². The predicted molar refractivity (Wildman–Crippen MR) is 221 cm³/mol. The van der Waals surface area contributed by atoms with Crippen LogP contribution in [-0.2, 0) is 26.5 Å². The number of fused-ring (bicyclic) bond motifs is 3. The van der Waals surface area contributed by atoms with Crippen LogP contribution in [-0.4, -0.2) is 18.0 Å². The quantitative estimate of drug-likeness (QED) is 0.118. The summed E-state index contributed by atoms with van der Waals surface area (Å²) in [6.45, 7) is 9.14. The Labute approximate surface area is 332 Å². The van der Waals surface area contributed by atoms with Gasteiger partial charge in [-0.15, -0.1) is 47.5 Å². The molecule has 0 N–H and O–H groups in total. The molecule has 0 atom stereocenters. The molecule has 53 heavy (non-hydrogen) atoms. The molecule has 5 aromatic carbocycles. The Balaban J connectivity index is 0.000000188. The number of aromatic nitrogens is 2. The molecule has 0 unspecified atom stereocenters. The van der Waals surface area contributed by atoms with Crippen LogP contribution in [0.1, 0.15) is 29.1 Å². The Morgan fingerprint density at radius 2 is 1.49 bits per heavy atom. The van der Waals surface area contributed by atoms with Crippen molar-refractivity contribution in [2.24, 2.45) is 5.92 Å². The van der Waals surface area contributed by atoms with E-state index < -0.39 is 14.9 Å². The molecule has 267 valence electrons. The summed E-state index contributed by atoms with van der Waals surface area (Å²) in [5.74, 6) is 0.604. The molecule has 0 aliphatic carbocycles. The smallest absolute Gasteiger partial charge is 0.121 e. The van der Waals surface area contributed by atoms with E-state index in [1.807, 2.05) is 67.0 Å². The summed E-state index contributed by atoms with van der Waals surface area (Å²) in [5.41, 5.74) is 10.7. The molecule has 8 rings (SSSR count). The van der Waals surface area contributed by atoms with Crippen molar-refractivity contribution >= 4 is 35.2 Å². The van der Waals surface area contributed by atoms with Crippen molar-refractivity contribution < 1.29 is 28.6 Å². The number of nitrogens with zero attached hydrogens (tertiary/aromatic N) is 2. The van der Waals surface area contributed by atoms with Crippen molar-refractivity contribution in [3.63, 3.8) is 0 Å². The van der Waals surface area contributed by atoms with Gasteiger partial charge in [-0.05, 0) is 57.7 Å². The summed E-state index contributed by atoms with van der Waals surface area (Å²) in [4.78, 5) is 9.22. The van der Waals surface area contributed by atoms with Crippen LogP contribution < -0.4 is 5.19 Å². The molecule has 5 heteroatoms. The minimum Gasteiger partial charge on any atom is -0.501 e. The summed E-state index contributed by atoms with van der Waals surface area (Å²) < 4.78 is 29.9. The second kappa shape index (κ2) is 16.4. The van der Waals surface area contributed by atoms with Gasteiger partial charge in [-0.1, -0.05) is 153 Å². The molecule has 3 heterocycles. The molecular formula is C48H44IrN2OSi-2. The van der Waals surface area contributed by atoms with Gasteiger partial charge in [0.1, 0.15) is 5.58 Å². The predicted octanol–water partition coefficient (Wildman–Crippen LogP) is 12.4. The Morgan fingerprint density at radius 3 is 2.17 bits per heavy atom. The van der Waals surface area contributed by atoms with Gasteiger partial charge in [-0.25, -0.2) is 0 Å². The summed E-state index contributed by atoms with van der Waals surface area (Å²) in [5, 5.41) is 3.52. The zero-order valence-corrected chi connectivity index (χ0v) is 34.1. The molecule has 1 radical (unpaired) electrons. The van der Waals surface area contributed by atoms with Crippen LogP contribution in [0.25, 0.3) is 66.7 Å². The molecular weight excluding hydrogens is 841 g/mol. The van der Waals surface area contributed by atoms with Crippen LogP contribution in [0.4, 0.5) is 0 Å². The Morgan fingerprint density at radius 1 is 0.736 bits per heavy atom. The Bertz CT molecular complexity index is 2560. The van der Waals surface area contributed by atoms with Crippen molar-refractivity contribution in [2.45, 2.75) is 46.8 Å². The molecule has 0 amide bonds. The van der Waals surface area contributed by atoms with Crippen LogP contribution in [0.15, 0.2) is 144 Å². The molecule has 8 aromatic rings. The fraction of sp³-hybridized carbons (Fsp3) is 0.167. The standard InChI is InChI=1S/C27H22NO.C21H22NSi.Ir/c1-18(2)15-19-13-14-28-25(16-19)24-10-6-9-23-22-12-11-21(17-26(22)29-27(23)24)20-7-4-3-5-8-20;1-16-10-11-18(14-20(16)17-8-6-5-7-9-17)21-13-12-19(15-22-21)23(2,3)4;/h3-9,11-14,16-18H,15H2,1-2H3;5-10,12-15H,1-4H3;/q2*-1;/i;1D3;. The van der Waals surface area contributed by atoms with E-state index in [0.29, 0.717) is 17.0 Å². The van der Waals surface area contributed by atoms with Gasteiger partial charge in [0.15, 0.2) is 0 Å². The molecule has 3 aromatic heterocycles. The fourth-order valence-corrected chi connectivity index (χ4v) is 7.48. The van der Waals surface area contributed by atoms with Crippen LogP contribution in [0, 0.1) is 24.9 Å². The van der Waals surface area contributed by atoms with Gasteiger partial charge in [-0.3, -0.25) is 0 Å². The van der Waals surface area contributed by atoms with Gasteiger partial charge in [0, 0.05) is 42.0 Å². The number of aryl methyl sites for hydroxylation is 1. The normalized spacial score (nSPS) is 12.4. The second-order valence-corrected chi connectivity index (χ2v) is 19.7. The molecule has 0 saturated carbocycles. The fourth-order valence-electron chi connectivity index (χ4n) is 6.44. The molecule has 0 saturated heterocycles. The Kier molecular flexibility index (Phi) is 10.5. The van der Waals surface area contributed by atoms with Crippen molar-refractivity contribution in [3.05, 3.63) is 163 Å². The first-order chi connectivity index (χ1) is 26.3. The van der Waals surface area contributed by atoms with E-state index in [9.17, 15) is 0 Å². The molecule has 3 nitrogen and oxygen atoms in total. The average molecular weight is 888 g/mol. The maximum Gasteiger partial charge on any atom is 0.121 e. The first-order valence-corrected chi connectivity index (χ1v) is 21.3. The van der Waals surface area contributed by atoms with E-state index >= 15 is 0 Å². The number of pyridine rings is 2. The minimum atomic E-state index is -2.19. The van der Waals surface area contributed by atoms with Gasteiger partial charge in [0.2, 0.25) is 0 Å². The van der Waals surface area contributed by atoms with Crippen molar-refractivity contribution in [1.82, 2.24) is 9.97 Å². The van der Waals surface area contributed by atoms with Gasteiger partial charge in [-0.2, -0.15) is 0 Å². The Hall–Kier alpha value is -4.93. The third-order valence-corrected chi connectivity index (χ3v) is 11.2. The van der Waals surface area contributed by atoms with E-state index in [0.717, 1.165) is 62.0 Å². The zero-order chi connectivity index (χ0) is 38.7. The van der Waals surface area contributed by atoms with E-state index in [1.165, 1.54) is 16.3 Å². The van der Waals surface area contributed by atoms with Gasteiger partial charge >= 0.3 is 0 Å². The molecule has 0 spiro atoms. The van der Waals surface area contributed by atoms with Gasteiger partial charge in [0.25, 0.3) is 0 Å². The molecule has 0 bridgehead atoms. The number of hydrogen-bond donors (Lipinski definition) is 0. The maximum absolute atomic E-state index is 7.84. The largest absolute Gasteiger partial charge is 0.501 e. The van der Waals surface area contributed by atoms with Crippen molar-refractivity contribution in [1.29, 1.82) is 0 Å². The van der Waals surface area contributed by atoms with Crippen LogP contribution in [0.5, 0.6) is 0 Å². The maximum atomic E-state index is 7.84. The van der Waals surface area contributed by atoms with Crippen molar-refractivity contribution in [3.8, 4) is 44.8 Å². The summed E-state index contributed by atoms with van der Waals surface area (Å²) >= 11 is 0. The van der Waals surface area contributed by atoms with E-state index in [2.05, 4.69) is 122 Å². The number of benzene rings is 5. The second-order valence-electron chi connectivity index (χ2n) is 14.6. The first-order valence-electron chi connectivity index (χ1n) is 19.3. The van der Waals surface area contributed by atoms with Crippen LogP contribution in [0.3, 0.4) is 0 Å². The number of rotatable bonds is 7. The summed E-state index contributed by atoms with van der Waals surface area (Å²) in [6, 6.07) is 48.8. The average Bonchev–Trinajstić information content (AvgIpc) is 3.56. The third-order valence-electron chi connectivity index (χ3n) is 9.21.